The van der Waals surface area contributed by atoms with E-state index in [0.29, 0.717) is 11.1 Å². The van der Waals surface area contributed by atoms with Crippen LogP contribution in [0.4, 0.5) is 0 Å². The summed E-state index contributed by atoms with van der Waals surface area (Å²) < 4.78 is 5.04. The number of phenolic OH excluding ortho intramolecular Hbond substituents is 1. The van der Waals surface area contributed by atoms with Crippen molar-refractivity contribution < 1.29 is 30.0 Å². The third-order valence-corrected chi connectivity index (χ3v) is 2.54. The van der Waals surface area contributed by atoms with Gasteiger partial charge in [-0.2, -0.15) is 0 Å². The van der Waals surface area contributed by atoms with Crippen LogP contribution in [0.2, 0.25) is 0 Å². The second-order valence-electron chi connectivity index (χ2n) is 3.90. The van der Waals surface area contributed by atoms with Gasteiger partial charge in [-0.3, -0.25) is 0 Å². The molecule has 0 aromatic heterocycles. The molecule has 1 rings (SSSR count). The predicted octanol–water partition coefficient (Wildman–Crippen LogP) is 0.394. The van der Waals surface area contributed by atoms with Crippen molar-refractivity contribution >= 4 is 12.0 Å². The highest BCUT2D eigenvalue weighted by atomic mass is 16.5. The molecule has 19 heavy (non-hydrogen) atoms. The number of hydrogen-bond acceptors (Lipinski definition) is 5. The molecule has 4 N–H and O–H groups in total. The minimum absolute atomic E-state index is 0.0351. The lowest BCUT2D eigenvalue weighted by molar-refractivity contribution is -0.131. The number of methoxy groups -OCH3 is 1. The molecule has 0 bridgehead atoms. The topological polar surface area (TPSA) is 107 Å². The van der Waals surface area contributed by atoms with E-state index < -0.39 is 18.7 Å². The first-order valence-electron chi connectivity index (χ1n) is 5.58. The van der Waals surface area contributed by atoms with Gasteiger partial charge in [-0.15, -0.1) is 0 Å². The fourth-order valence-electron chi connectivity index (χ4n) is 1.69. The lowest BCUT2D eigenvalue weighted by atomic mass is 9.99. The Morgan fingerprint density at radius 1 is 1.47 bits per heavy atom. The smallest absolute Gasteiger partial charge is 0.328 e. The van der Waals surface area contributed by atoms with Crippen LogP contribution in [0.15, 0.2) is 18.2 Å². The molecule has 0 radical (unpaired) electrons. The standard InChI is InChI=1S/C13H16O6/c1-19-13-10(6-9(15)7-14)8(2-4-11(13)16)3-5-12(17)18/h2-5,9,14-16H,6-7H2,1H3,(H,17,18). The van der Waals surface area contributed by atoms with E-state index >= 15 is 0 Å². The number of carbonyl (C=O) groups is 1. The van der Waals surface area contributed by atoms with Gasteiger partial charge in [0.1, 0.15) is 0 Å². The fourth-order valence-corrected chi connectivity index (χ4v) is 1.69. The Bertz CT molecular complexity index is 480. The number of benzene rings is 1. The molecule has 0 aliphatic carbocycles. The van der Waals surface area contributed by atoms with Gasteiger partial charge in [0.15, 0.2) is 11.5 Å². The molecule has 0 saturated heterocycles. The second-order valence-corrected chi connectivity index (χ2v) is 3.90. The van der Waals surface area contributed by atoms with E-state index in [1.165, 1.54) is 25.3 Å². The Hall–Kier alpha value is -2.05. The molecule has 6 nitrogen and oxygen atoms in total. The van der Waals surface area contributed by atoms with Crippen LogP contribution in [-0.4, -0.2) is 46.2 Å². The maximum atomic E-state index is 10.5. The monoisotopic (exact) mass is 268 g/mol. The summed E-state index contributed by atoms with van der Waals surface area (Å²) in [6, 6.07) is 2.88. The molecule has 1 aromatic rings. The summed E-state index contributed by atoms with van der Waals surface area (Å²) in [4.78, 5) is 10.5. The molecule has 6 heteroatoms. The Morgan fingerprint density at radius 2 is 2.16 bits per heavy atom. The molecule has 104 valence electrons. The van der Waals surface area contributed by atoms with Crippen molar-refractivity contribution in [3.63, 3.8) is 0 Å². The lowest BCUT2D eigenvalue weighted by Gasteiger charge is -2.15. The van der Waals surface area contributed by atoms with E-state index in [1.807, 2.05) is 0 Å². The van der Waals surface area contributed by atoms with Crippen LogP contribution in [0.5, 0.6) is 11.5 Å². The quantitative estimate of drug-likeness (QED) is 0.556. The van der Waals surface area contributed by atoms with Crippen LogP contribution in [0, 0.1) is 0 Å². The van der Waals surface area contributed by atoms with Crippen molar-refractivity contribution in [2.75, 3.05) is 13.7 Å². The molecule has 1 atom stereocenters. The summed E-state index contributed by atoms with van der Waals surface area (Å²) in [5.74, 6) is -1.07. The number of aliphatic carboxylic acids is 1. The van der Waals surface area contributed by atoms with Gasteiger partial charge in [-0.1, -0.05) is 6.07 Å². The molecule has 0 heterocycles. The zero-order valence-corrected chi connectivity index (χ0v) is 10.4. The van der Waals surface area contributed by atoms with E-state index in [1.54, 1.807) is 0 Å². The molecule has 0 spiro atoms. The van der Waals surface area contributed by atoms with Crippen molar-refractivity contribution in [3.8, 4) is 11.5 Å². The van der Waals surface area contributed by atoms with E-state index in [2.05, 4.69) is 0 Å². The number of carboxylic acids is 1. The molecule has 0 fully saturated rings. The Balaban J connectivity index is 3.25. The minimum Gasteiger partial charge on any atom is -0.504 e. The van der Waals surface area contributed by atoms with Crippen molar-refractivity contribution in [2.24, 2.45) is 0 Å². The average Bonchev–Trinajstić information content (AvgIpc) is 2.37. The summed E-state index contributed by atoms with van der Waals surface area (Å²) >= 11 is 0. The zero-order chi connectivity index (χ0) is 14.4. The first-order valence-corrected chi connectivity index (χ1v) is 5.58. The molecular formula is C13H16O6. The summed E-state index contributed by atoms with van der Waals surface area (Å²) in [7, 11) is 1.36. The summed E-state index contributed by atoms with van der Waals surface area (Å²) in [6.45, 7) is -0.444. The Labute approximate surface area is 110 Å². The van der Waals surface area contributed by atoms with Gasteiger partial charge in [0.05, 0.1) is 19.8 Å². The third kappa shape index (κ3) is 3.97. The van der Waals surface area contributed by atoms with Crippen LogP contribution in [0.1, 0.15) is 11.1 Å². The number of phenols is 1. The summed E-state index contributed by atoms with van der Waals surface area (Å²) in [5.41, 5.74) is 0.922. The first-order chi connectivity index (χ1) is 8.99. The normalized spacial score (nSPS) is 12.6. The van der Waals surface area contributed by atoms with Gasteiger partial charge in [0, 0.05) is 18.1 Å². The minimum atomic E-state index is -1.11. The van der Waals surface area contributed by atoms with Crippen LogP contribution in [0.25, 0.3) is 6.08 Å². The van der Waals surface area contributed by atoms with E-state index in [9.17, 15) is 15.0 Å². The molecule has 0 amide bonds. The molecule has 0 saturated carbocycles. The second kappa shape index (κ2) is 6.77. The number of ether oxygens (including phenoxy) is 1. The molecule has 0 aliphatic rings. The Kier molecular flexibility index (Phi) is 5.35. The SMILES string of the molecule is COc1c(O)ccc(C=CC(=O)O)c1CC(O)CO. The van der Waals surface area contributed by atoms with Gasteiger partial charge >= 0.3 is 5.97 Å². The van der Waals surface area contributed by atoms with E-state index in [-0.39, 0.29) is 17.9 Å². The van der Waals surface area contributed by atoms with Gasteiger partial charge in [0.2, 0.25) is 0 Å². The van der Waals surface area contributed by atoms with Crippen molar-refractivity contribution in [1.82, 2.24) is 0 Å². The molecular weight excluding hydrogens is 252 g/mol. The van der Waals surface area contributed by atoms with Gasteiger partial charge in [0.25, 0.3) is 0 Å². The average molecular weight is 268 g/mol. The van der Waals surface area contributed by atoms with E-state index in [4.69, 9.17) is 14.9 Å². The maximum Gasteiger partial charge on any atom is 0.328 e. The highest BCUT2D eigenvalue weighted by Crippen LogP contribution is 2.34. The van der Waals surface area contributed by atoms with Gasteiger partial charge in [-0.05, 0) is 17.7 Å². The van der Waals surface area contributed by atoms with Crippen LogP contribution in [-0.2, 0) is 11.2 Å². The maximum absolute atomic E-state index is 10.5. The molecule has 1 unspecified atom stereocenters. The lowest BCUT2D eigenvalue weighted by Crippen LogP contribution is -2.16. The van der Waals surface area contributed by atoms with Crippen molar-refractivity contribution in [1.29, 1.82) is 0 Å². The zero-order valence-electron chi connectivity index (χ0n) is 10.4. The third-order valence-electron chi connectivity index (χ3n) is 2.54. The van der Waals surface area contributed by atoms with E-state index in [0.717, 1.165) is 6.08 Å². The highest BCUT2D eigenvalue weighted by molar-refractivity contribution is 5.86. The number of aliphatic hydroxyl groups excluding tert-OH is 2. The number of aliphatic hydroxyl groups is 2. The molecule has 1 aromatic carbocycles. The fraction of sp³-hybridized carbons (Fsp3) is 0.308. The van der Waals surface area contributed by atoms with Crippen LogP contribution in [0.3, 0.4) is 0 Å². The largest absolute Gasteiger partial charge is 0.504 e. The summed E-state index contributed by atoms with van der Waals surface area (Å²) in [5, 5.41) is 36.7. The number of hydrogen-bond donors (Lipinski definition) is 4. The van der Waals surface area contributed by atoms with Gasteiger partial charge < -0.3 is 25.2 Å². The predicted molar refractivity (Wildman–Crippen MR) is 68.1 cm³/mol. The Morgan fingerprint density at radius 3 is 2.68 bits per heavy atom. The molecule has 0 aliphatic heterocycles. The number of aromatic hydroxyl groups is 1. The first kappa shape index (κ1) is 15.0. The van der Waals surface area contributed by atoms with Crippen molar-refractivity contribution in [3.05, 3.63) is 29.3 Å². The number of rotatable bonds is 6. The van der Waals surface area contributed by atoms with Crippen LogP contribution < -0.4 is 4.74 Å². The number of carboxylic acid groups (broad SMARTS) is 1. The van der Waals surface area contributed by atoms with Gasteiger partial charge in [-0.25, -0.2) is 4.79 Å². The van der Waals surface area contributed by atoms with Crippen molar-refractivity contribution in [2.45, 2.75) is 12.5 Å². The highest BCUT2D eigenvalue weighted by Gasteiger charge is 2.16. The van der Waals surface area contributed by atoms with Crippen LogP contribution >= 0.6 is 0 Å². The summed E-state index contributed by atoms with van der Waals surface area (Å²) in [6.07, 6.45) is 1.30.